The van der Waals surface area contributed by atoms with Crippen molar-refractivity contribution < 1.29 is 4.79 Å². The quantitative estimate of drug-likeness (QED) is 0.690. The van der Waals surface area contributed by atoms with Crippen molar-refractivity contribution in [3.8, 4) is 0 Å². The van der Waals surface area contributed by atoms with Crippen LogP contribution in [-0.2, 0) is 4.79 Å². The molecule has 19 heavy (non-hydrogen) atoms. The number of hydrogen-bond acceptors (Lipinski definition) is 2. The van der Waals surface area contributed by atoms with Crippen molar-refractivity contribution in [3.05, 3.63) is 0 Å². The molecular weight excluding hydrogens is 236 g/mol. The number of nitrogens with zero attached hydrogens (tertiary/aromatic N) is 2. The molecule has 0 spiro atoms. The van der Waals surface area contributed by atoms with E-state index in [0.29, 0.717) is 11.8 Å². The van der Waals surface area contributed by atoms with E-state index < -0.39 is 0 Å². The first-order valence-corrected chi connectivity index (χ1v) is 8.10. The third-order valence-electron chi connectivity index (χ3n) is 4.58. The second-order valence-electron chi connectivity index (χ2n) is 6.88. The molecule has 0 aromatic carbocycles. The lowest BCUT2D eigenvalue weighted by Gasteiger charge is -2.22. The summed E-state index contributed by atoms with van der Waals surface area (Å²) in [6, 6.07) is 0. The van der Waals surface area contributed by atoms with Crippen molar-refractivity contribution >= 4 is 5.91 Å². The summed E-state index contributed by atoms with van der Waals surface area (Å²) < 4.78 is 0. The summed E-state index contributed by atoms with van der Waals surface area (Å²) in [6.07, 6.45) is 4.72. The van der Waals surface area contributed by atoms with Gasteiger partial charge in [0.25, 0.3) is 0 Å². The molecule has 2 saturated heterocycles. The van der Waals surface area contributed by atoms with Gasteiger partial charge in [-0.3, -0.25) is 4.79 Å². The molecule has 3 heteroatoms. The Balaban J connectivity index is 1.73. The standard InChI is InChI=1S/C16H30N2O/c1-4-5-6-7-17-9-14-11-18(12-15(14)10-17)16(19)8-13(2)3/h13-15H,4-12H2,1-3H3. The summed E-state index contributed by atoms with van der Waals surface area (Å²) in [5, 5.41) is 0. The number of rotatable bonds is 6. The molecule has 0 aromatic rings. The van der Waals surface area contributed by atoms with Gasteiger partial charge < -0.3 is 9.80 Å². The first kappa shape index (κ1) is 14.8. The second kappa shape index (κ2) is 6.74. The predicted molar refractivity (Wildman–Crippen MR) is 79.0 cm³/mol. The lowest BCUT2D eigenvalue weighted by atomic mass is 10.0. The summed E-state index contributed by atoms with van der Waals surface area (Å²) in [4.78, 5) is 16.8. The molecule has 2 aliphatic rings. The molecule has 0 aliphatic carbocycles. The average Bonchev–Trinajstić information content (AvgIpc) is 2.86. The molecule has 110 valence electrons. The van der Waals surface area contributed by atoms with Crippen molar-refractivity contribution in [2.24, 2.45) is 17.8 Å². The number of amides is 1. The highest BCUT2D eigenvalue weighted by Crippen LogP contribution is 2.31. The first-order valence-electron chi connectivity index (χ1n) is 8.10. The van der Waals surface area contributed by atoms with E-state index in [0.717, 1.165) is 31.3 Å². The monoisotopic (exact) mass is 266 g/mol. The lowest BCUT2D eigenvalue weighted by molar-refractivity contribution is -0.131. The molecule has 0 radical (unpaired) electrons. The van der Waals surface area contributed by atoms with E-state index >= 15 is 0 Å². The fourth-order valence-electron chi connectivity index (χ4n) is 3.54. The SMILES string of the molecule is CCCCCN1CC2CN(C(=O)CC(C)C)CC2C1. The number of unbranched alkanes of at least 4 members (excludes halogenated alkanes) is 2. The number of fused-ring (bicyclic) bond motifs is 1. The number of carbonyl (C=O) groups is 1. The Hall–Kier alpha value is -0.570. The van der Waals surface area contributed by atoms with E-state index in [2.05, 4.69) is 30.6 Å². The van der Waals surface area contributed by atoms with Crippen molar-refractivity contribution in [2.45, 2.75) is 46.5 Å². The molecule has 2 rings (SSSR count). The highest BCUT2D eigenvalue weighted by molar-refractivity contribution is 5.76. The van der Waals surface area contributed by atoms with Crippen LogP contribution in [0.2, 0.25) is 0 Å². The summed E-state index contributed by atoms with van der Waals surface area (Å²) in [6.45, 7) is 12.3. The summed E-state index contributed by atoms with van der Waals surface area (Å²) in [7, 11) is 0. The van der Waals surface area contributed by atoms with Gasteiger partial charge in [-0.25, -0.2) is 0 Å². The molecule has 0 saturated carbocycles. The highest BCUT2D eigenvalue weighted by atomic mass is 16.2. The van der Waals surface area contributed by atoms with Crippen LogP contribution in [-0.4, -0.2) is 48.4 Å². The maximum absolute atomic E-state index is 12.1. The molecule has 2 atom stereocenters. The minimum absolute atomic E-state index is 0.377. The largest absolute Gasteiger partial charge is 0.342 e. The van der Waals surface area contributed by atoms with E-state index in [1.807, 2.05) is 0 Å². The van der Waals surface area contributed by atoms with Crippen LogP contribution in [0.25, 0.3) is 0 Å². The van der Waals surface area contributed by atoms with Crippen molar-refractivity contribution in [2.75, 3.05) is 32.7 Å². The van der Waals surface area contributed by atoms with E-state index in [1.165, 1.54) is 38.9 Å². The van der Waals surface area contributed by atoms with Crippen LogP contribution >= 0.6 is 0 Å². The first-order chi connectivity index (χ1) is 9.10. The van der Waals surface area contributed by atoms with Gasteiger partial charge in [-0.1, -0.05) is 33.6 Å². The molecule has 3 nitrogen and oxygen atoms in total. The normalized spacial score (nSPS) is 27.3. The van der Waals surface area contributed by atoms with E-state index in [-0.39, 0.29) is 0 Å². The number of hydrogen-bond donors (Lipinski definition) is 0. The van der Waals surface area contributed by atoms with Crippen LogP contribution in [0.3, 0.4) is 0 Å². The van der Waals surface area contributed by atoms with Crippen LogP contribution in [0, 0.1) is 17.8 Å². The van der Waals surface area contributed by atoms with Crippen LogP contribution in [0.1, 0.15) is 46.5 Å². The Labute approximate surface area is 118 Å². The Kier molecular flexibility index (Phi) is 5.26. The Morgan fingerprint density at radius 3 is 2.26 bits per heavy atom. The fraction of sp³-hybridized carbons (Fsp3) is 0.938. The van der Waals surface area contributed by atoms with Gasteiger partial charge in [0.15, 0.2) is 0 Å². The maximum Gasteiger partial charge on any atom is 0.222 e. The Morgan fingerprint density at radius 1 is 1.11 bits per heavy atom. The van der Waals surface area contributed by atoms with Crippen LogP contribution in [0.4, 0.5) is 0 Å². The van der Waals surface area contributed by atoms with Gasteiger partial charge in [0.05, 0.1) is 0 Å². The number of carbonyl (C=O) groups excluding carboxylic acids is 1. The van der Waals surface area contributed by atoms with Gasteiger partial charge in [-0.05, 0) is 30.7 Å². The Bertz CT molecular complexity index is 289. The third kappa shape index (κ3) is 3.95. The van der Waals surface area contributed by atoms with E-state index in [1.54, 1.807) is 0 Å². The molecule has 2 heterocycles. The summed E-state index contributed by atoms with van der Waals surface area (Å²) >= 11 is 0. The summed E-state index contributed by atoms with van der Waals surface area (Å²) in [5.41, 5.74) is 0. The van der Waals surface area contributed by atoms with Gasteiger partial charge in [-0.2, -0.15) is 0 Å². The number of likely N-dealkylation sites (tertiary alicyclic amines) is 2. The molecule has 0 N–H and O–H groups in total. The molecule has 2 aliphatic heterocycles. The predicted octanol–water partition coefficient (Wildman–Crippen LogP) is 2.61. The van der Waals surface area contributed by atoms with Crippen molar-refractivity contribution in [1.82, 2.24) is 9.80 Å². The minimum atomic E-state index is 0.377. The third-order valence-corrected chi connectivity index (χ3v) is 4.58. The zero-order chi connectivity index (χ0) is 13.8. The van der Waals surface area contributed by atoms with E-state index in [4.69, 9.17) is 0 Å². The van der Waals surface area contributed by atoms with Gasteiger partial charge in [-0.15, -0.1) is 0 Å². The maximum atomic E-state index is 12.1. The molecule has 2 unspecified atom stereocenters. The van der Waals surface area contributed by atoms with Crippen molar-refractivity contribution in [1.29, 1.82) is 0 Å². The van der Waals surface area contributed by atoms with Gasteiger partial charge in [0, 0.05) is 32.6 Å². The topological polar surface area (TPSA) is 23.6 Å². The zero-order valence-electron chi connectivity index (χ0n) is 12.9. The molecule has 2 fully saturated rings. The van der Waals surface area contributed by atoms with Gasteiger partial charge in [0.1, 0.15) is 0 Å². The lowest BCUT2D eigenvalue weighted by Crippen LogP contribution is -2.34. The van der Waals surface area contributed by atoms with Crippen LogP contribution in [0.15, 0.2) is 0 Å². The van der Waals surface area contributed by atoms with Crippen molar-refractivity contribution in [3.63, 3.8) is 0 Å². The molecule has 0 bridgehead atoms. The zero-order valence-corrected chi connectivity index (χ0v) is 12.9. The molecule has 1 amide bonds. The fourth-order valence-corrected chi connectivity index (χ4v) is 3.54. The molecule has 0 aromatic heterocycles. The average molecular weight is 266 g/mol. The highest BCUT2D eigenvalue weighted by Gasteiger charge is 2.40. The van der Waals surface area contributed by atoms with Gasteiger partial charge >= 0.3 is 0 Å². The second-order valence-corrected chi connectivity index (χ2v) is 6.88. The summed E-state index contributed by atoms with van der Waals surface area (Å²) in [5.74, 6) is 2.36. The Morgan fingerprint density at radius 2 is 1.74 bits per heavy atom. The van der Waals surface area contributed by atoms with Crippen LogP contribution in [0.5, 0.6) is 0 Å². The van der Waals surface area contributed by atoms with Gasteiger partial charge in [0.2, 0.25) is 5.91 Å². The van der Waals surface area contributed by atoms with E-state index in [9.17, 15) is 4.79 Å². The minimum Gasteiger partial charge on any atom is -0.342 e. The molecular formula is C16H30N2O. The van der Waals surface area contributed by atoms with Crippen LogP contribution < -0.4 is 0 Å². The smallest absolute Gasteiger partial charge is 0.222 e.